The molecule has 0 heterocycles. The molecule has 15 heavy (non-hydrogen) atoms. The molecule has 0 spiro atoms. The number of nitrogens with zero attached hydrogens (tertiary/aromatic N) is 1. The second kappa shape index (κ2) is 4.67. The zero-order valence-electron chi connectivity index (χ0n) is 7.77. The number of guanidine groups is 1. The third kappa shape index (κ3) is 3.40. The van der Waals surface area contributed by atoms with E-state index in [9.17, 15) is 4.79 Å². The summed E-state index contributed by atoms with van der Waals surface area (Å²) >= 11 is 0. The Balaban J connectivity index is 3.14. The maximum atomic E-state index is 10.2. The summed E-state index contributed by atoms with van der Waals surface area (Å²) in [6.07, 6.45) is 0. The van der Waals surface area contributed by atoms with Crippen LogP contribution in [-0.4, -0.2) is 17.0 Å². The quantitative estimate of drug-likeness (QED) is 0.340. The Morgan fingerprint density at radius 1 is 1.33 bits per heavy atom. The first-order chi connectivity index (χ1) is 7.09. The number of carbonyl (C=O) groups is 1. The average Bonchev–Trinajstić information content (AvgIpc) is 2.15. The van der Waals surface area contributed by atoms with Crippen LogP contribution in [0.1, 0.15) is 5.56 Å². The maximum Gasteiger partial charge on any atom is 0.382 e. The largest absolute Gasteiger partial charge is 0.472 e. The molecule has 0 saturated heterocycles. The van der Waals surface area contributed by atoms with Gasteiger partial charge in [0.05, 0.1) is 11.3 Å². The van der Waals surface area contributed by atoms with Crippen molar-refractivity contribution < 1.29 is 9.90 Å². The van der Waals surface area contributed by atoms with Crippen molar-refractivity contribution in [3.05, 3.63) is 29.8 Å². The minimum atomic E-state index is -1.20. The fraction of sp³-hybridized carbons (Fsp3) is 0. The van der Waals surface area contributed by atoms with Crippen LogP contribution in [0.5, 0.6) is 0 Å². The van der Waals surface area contributed by atoms with Gasteiger partial charge < -0.3 is 16.6 Å². The highest BCUT2D eigenvalue weighted by atomic mass is 16.4. The third-order valence-corrected chi connectivity index (χ3v) is 1.46. The van der Waals surface area contributed by atoms with Crippen LogP contribution in [0, 0.1) is 11.8 Å². The standard InChI is InChI=1S/C10H9N3O2/c11-10(12)13-8-4-2-1-3-7(8)5-6-9(14)15/h1-4H,(H,14,15)(H4,11,12,13). The molecule has 0 radical (unpaired) electrons. The van der Waals surface area contributed by atoms with E-state index in [-0.39, 0.29) is 5.96 Å². The Labute approximate surface area is 86.4 Å². The first-order valence-corrected chi connectivity index (χ1v) is 4.03. The summed E-state index contributed by atoms with van der Waals surface area (Å²) in [6.45, 7) is 0. The molecule has 5 N–H and O–H groups in total. The lowest BCUT2D eigenvalue weighted by atomic mass is 10.2. The van der Waals surface area contributed by atoms with Crippen molar-refractivity contribution in [3.63, 3.8) is 0 Å². The van der Waals surface area contributed by atoms with E-state index in [0.717, 1.165) is 0 Å². The van der Waals surface area contributed by atoms with Crippen LogP contribution in [0.3, 0.4) is 0 Å². The SMILES string of the molecule is NC(N)=Nc1ccccc1C#CC(=O)O. The van der Waals surface area contributed by atoms with Crippen LogP contribution in [0.4, 0.5) is 5.69 Å². The van der Waals surface area contributed by atoms with Gasteiger partial charge in [0, 0.05) is 5.92 Å². The zero-order chi connectivity index (χ0) is 11.3. The molecule has 0 amide bonds. The van der Waals surface area contributed by atoms with Gasteiger partial charge in [-0.15, -0.1) is 0 Å². The van der Waals surface area contributed by atoms with Crippen LogP contribution >= 0.6 is 0 Å². The smallest absolute Gasteiger partial charge is 0.382 e. The van der Waals surface area contributed by atoms with Gasteiger partial charge in [-0.3, -0.25) is 0 Å². The highest BCUT2D eigenvalue weighted by molar-refractivity contribution is 5.88. The van der Waals surface area contributed by atoms with Gasteiger partial charge in [-0.05, 0) is 12.1 Å². The molecule has 0 unspecified atom stereocenters. The van der Waals surface area contributed by atoms with Crippen LogP contribution in [0.25, 0.3) is 0 Å². The summed E-state index contributed by atoms with van der Waals surface area (Å²) < 4.78 is 0. The number of rotatable bonds is 1. The predicted molar refractivity (Wildman–Crippen MR) is 56.4 cm³/mol. The Kier molecular flexibility index (Phi) is 3.30. The van der Waals surface area contributed by atoms with Gasteiger partial charge in [-0.2, -0.15) is 0 Å². The summed E-state index contributed by atoms with van der Waals surface area (Å²) in [5.41, 5.74) is 11.3. The van der Waals surface area contributed by atoms with Crippen LogP contribution < -0.4 is 11.5 Å². The van der Waals surface area contributed by atoms with Crippen LogP contribution in [0.15, 0.2) is 29.3 Å². The number of aliphatic imine (C=N–C) groups is 1. The lowest BCUT2D eigenvalue weighted by molar-refractivity contribution is -0.130. The summed E-state index contributed by atoms with van der Waals surface area (Å²) in [5, 5.41) is 8.39. The fourth-order valence-electron chi connectivity index (χ4n) is 0.937. The van der Waals surface area contributed by atoms with E-state index in [0.29, 0.717) is 11.3 Å². The number of hydrogen-bond donors (Lipinski definition) is 3. The fourth-order valence-corrected chi connectivity index (χ4v) is 0.937. The zero-order valence-corrected chi connectivity index (χ0v) is 7.77. The Morgan fingerprint density at radius 3 is 2.60 bits per heavy atom. The number of carboxylic acid groups (broad SMARTS) is 1. The van der Waals surface area contributed by atoms with Crippen LogP contribution in [-0.2, 0) is 4.79 Å². The average molecular weight is 203 g/mol. The molecule has 0 aliphatic rings. The highest BCUT2D eigenvalue weighted by Crippen LogP contribution is 2.16. The number of nitrogens with two attached hydrogens (primary N) is 2. The molecule has 0 aliphatic carbocycles. The van der Waals surface area contributed by atoms with Crippen molar-refractivity contribution >= 4 is 17.6 Å². The number of aliphatic carboxylic acids is 1. The molecule has 0 fully saturated rings. The molecule has 5 nitrogen and oxygen atoms in total. The van der Waals surface area contributed by atoms with E-state index >= 15 is 0 Å². The van der Waals surface area contributed by atoms with Gasteiger partial charge in [0.2, 0.25) is 0 Å². The van der Waals surface area contributed by atoms with Crippen molar-refractivity contribution in [1.29, 1.82) is 0 Å². The van der Waals surface area contributed by atoms with E-state index in [4.69, 9.17) is 16.6 Å². The summed E-state index contributed by atoms with van der Waals surface area (Å²) in [5.74, 6) is 3.14. The number of benzene rings is 1. The summed E-state index contributed by atoms with van der Waals surface area (Å²) in [7, 11) is 0. The van der Waals surface area contributed by atoms with Gasteiger partial charge in [0.15, 0.2) is 5.96 Å². The highest BCUT2D eigenvalue weighted by Gasteiger charge is 1.97. The summed E-state index contributed by atoms with van der Waals surface area (Å²) in [4.78, 5) is 14.1. The number of hydrogen-bond acceptors (Lipinski definition) is 2. The molecule has 76 valence electrons. The van der Waals surface area contributed by atoms with Crippen molar-refractivity contribution in [1.82, 2.24) is 0 Å². The van der Waals surface area contributed by atoms with Gasteiger partial charge in [-0.25, -0.2) is 9.79 Å². The van der Waals surface area contributed by atoms with Crippen LogP contribution in [0.2, 0.25) is 0 Å². The van der Waals surface area contributed by atoms with Crippen molar-refractivity contribution in [2.45, 2.75) is 0 Å². The van der Waals surface area contributed by atoms with Gasteiger partial charge in [0.1, 0.15) is 0 Å². The second-order valence-electron chi connectivity index (χ2n) is 2.61. The molecular formula is C10H9N3O2. The molecule has 0 aliphatic heterocycles. The molecule has 0 bridgehead atoms. The first kappa shape index (κ1) is 10.6. The van der Waals surface area contributed by atoms with Crippen molar-refractivity contribution in [2.75, 3.05) is 0 Å². The molecule has 0 aromatic heterocycles. The molecular weight excluding hydrogens is 194 g/mol. The molecule has 1 rings (SSSR count). The second-order valence-corrected chi connectivity index (χ2v) is 2.61. The number of para-hydroxylation sites is 1. The lowest BCUT2D eigenvalue weighted by Crippen LogP contribution is -2.22. The van der Waals surface area contributed by atoms with E-state index in [1.165, 1.54) is 0 Å². The minimum Gasteiger partial charge on any atom is -0.472 e. The van der Waals surface area contributed by atoms with Gasteiger partial charge in [-0.1, -0.05) is 18.1 Å². The van der Waals surface area contributed by atoms with Gasteiger partial charge in [0.25, 0.3) is 0 Å². The molecule has 0 saturated carbocycles. The monoisotopic (exact) mass is 203 g/mol. The Hall–Kier alpha value is -2.48. The van der Waals surface area contributed by atoms with E-state index in [1.54, 1.807) is 24.3 Å². The molecule has 1 aromatic rings. The van der Waals surface area contributed by atoms with Gasteiger partial charge >= 0.3 is 5.97 Å². The maximum absolute atomic E-state index is 10.2. The molecule has 0 atom stereocenters. The normalized spacial score (nSPS) is 8.53. The predicted octanol–water partition coefficient (Wildman–Crippen LogP) is 0.0276. The molecule has 1 aromatic carbocycles. The van der Waals surface area contributed by atoms with E-state index in [1.807, 2.05) is 5.92 Å². The van der Waals surface area contributed by atoms with Crippen molar-refractivity contribution in [2.24, 2.45) is 16.5 Å². The van der Waals surface area contributed by atoms with E-state index in [2.05, 4.69) is 10.9 Å². The molecule has 5 heteroatoms. The number of carboxylic acids is 1. The third-order valence-electron chi connectivity index (χ3n) is 1.46. The first-order valence-electron chi connectivity index (χ1n) is 4.03. The Morgan fingerprint density at radius 2 is 2.00 bits per heavy atom. The topological polar surface area (TPSA) is 102 Å². The Bertz CT molecular complexity index is 465. The van der Waals surface area contributed by atoms with Crippen molar-refractivity contribution in [3.8, 4) is 11.8 Å². The summed E-state index contributed by atoms with van der Waals surface area (Å²) in [6, 6.07) is 6.73. The van der Waals surface area contributed by atoms with E-state index < -0.39 is 5.97 Å². The minimum absolute atomic E-state index is 0.0976. The lowest BCUT2D eigenvalue weighted by Gasteiger charge is -1.97.